The molecule has 1 N–H and O–H groups in total. The molecule has 16 heavy (non-hydrogen) atoms. The van der Waals surface area contributed by atoms with Gasteiger partial charge in [-0.2, -0.15) is 0 Å². The molecule has 86 valence electrons. The number of aliphatic hydroxyl groups is 1. The topological polar surface area (TPSA) is 29.5 Å². The standard InChI is InChI=1S/C13H15FO2/c14-11-3-1-2-10(6-11)13(8-16-9-13)12(7-15)4-5-12/h1-3,6,15H,4-5,7-9H2. The summed E-state index contributed by atoms with van der Waals surface area (Å²) in [6.45, 7) is 1.39. The summed E-state index contributed by atoms with van der Waals surface area (Å²) in [5.41, 5.74) is 0.772. The van der Waals surface area contributed by atoms with Gasteiger partial charge in [-0.3, -0.25) is 0 Å². The molecule has 1 aliphatic heterocycles. The van der Waals surface area contributed by atoms with Crippen molar-refractivity contribution in [1.29, 1.82) is 0 Å². The van der Waals surface area contributed by atoms with Crippen molar-refractivity contribution in [1.82, 2.24) is 0 Å². The van der Waals surface area contributed by atoms with Crippen LogP contribution in [0.15, 0.2) is 24.3 Å². The van der Waals surface area contributed by atoms with E-state index in [2.05, 4.69) is 0 Å². The quantitative estimate of drug-likeness (QED) is 0.846. The first-order valence-electron chi connectivity index (χ1n) is 5.67. The van der Waals surface area contributed by atoms with E-state index < -0.39 is 0 Å². The molecule has 0 aromatic heterocycles. The molecule has 3 heteroatoms. The van der Waals surface area contributed by atoms with Gasteiger partial charge >= 0.3 is 0 Å². The van der Waals surface area contributed by atoms with Gasteiger partial charge in [0.05, 0.1) is 13.2 Å². The molecule has 3 rings (SSSR count). The van der Waals surface area contributed by atoms with E-state index in [1.165, 1.54) is 6.07 Å². The normalized spacial score (nSPS) is 24.9. The van der Waals surface area contributed by atoms with E-state index >= 15 is 0 Å². The maximum absolute atomic E-state index is 13.3. The first-order valence-corrected chi connectivity index (χ1v) is 5.67. The number of hydrogen-bond acceptors (Lipinski definition) is 2. The zero-order valence-electron chi connectivity index (χ0n) is 9.08. The molecule has 2 aliphatic rings. The van der Waals surface area contributed by atoms with Crippen LogP contribution in [0.4, 0.5) is 4.39 Å². The number of hydrogen-bond donors (Lipinski definition) is 1. The average molecular weight is 222 g/mol. The molecule has 0 radical (unpaired) electrons. The van der Waals surface area contributed by atoms with Gasteiger partial charge in [0.2, 0.25) is 0 Å². The minimum Gasteiger partial charge on any atom is -0.396 e. The Balaban J connectivity index is 2.02. The minimum atomic E-state index is -0.211. The molecule has 1 aliphatic carbocycles. The van der Waals surface area contributed by atoms with E-state index in [-0.39, 0.29) is 23.3 Å². The summed E-state index contributed by atoms with van der Waals surface area (Å²) in [5.74, 6) is -0.211. The maximum atomic E-state index is 13.3. The summed E-state index contributed by atoms with van der Waals surface area (Å²) < 4.78 is 18.6. The van der Waals surface area contributed by atoms with Crippen LogP contribution in [-0.2, 0) is 10.2 Å². The number of aliphatic hydroxyl groups excluding tert-OH is 1. The van der Waals surface area contributed by atoms with Crippen LogP contribution in [0.25, 0.3) is 0 Å². The summed E-state index contributed by atoms with van der Waals surface area (Å²) in [6, 6.07) is 6.72. The van der Waals surface area contributed by atoms with E-state index in [4.69, 9.17) is 4.74 Å². The first kappa shape index (κ1) is 10.2. The van der Waals surface area contributed by atoms with Gasteiger partial charge in [-0.05, 0) is 30.5 Å². The molecule has 1 aromatic rings. The largest absolute Gasteiger partial charge is 0.396 e. The van der Waals surface area contributed by atoms with Crippen LogP contribution < -0.4 is 0 Å². The second-order valence-corrected chi connectivity index (χ2v) is 5.02. The van der Waals surface area contributed by atoms with Crippen molar-refractivity contribution in [2.75, 3.05) is 19.8 Å². The molecular weight excluding hydrogens is 207 g/mol. The van der Waals surface area contributed by atoms with E-state index in [0.717, 1.165) is 18.4 Å². The highest BCUT2D eigenvalue weighted by atomic mass is 19.1. The molecule has 1 saturated carbocycles. The van der Waals surface area contributed by atoms with Crippen molar-refractivity contribution in [3.8, 4) is 0 Å². The Morgan fingerprint density at radius 1 is 1.31 bits per heavy atom. The first-order chi connectivity index (χ1) is 7.72. The predicted octanol–water partition coefficient (Wildman–Crippen LogP) is 1.87. The van der Waals surface area contributed by atoms with Gasteiger partial charge in [-0.15, -0.1) is 0 Å². The van der Waals surface area contributed by atoms with Crippen molar-refractivity contribution < 1.29 is 14.2 Å². The summed E-state index contributed by atoms with van der Waals surface area (Å²) in [6.07, 6.45) is 2.03. The number of benzene rings is 1. The summed E-state index contributed by atoms with van der Waals surface area (Å²) in [5, 5.41) is 9.54. The van der Waals surface area contributed by atoms with Crippen LogP contribution in [0.2, 0.25) is 0 Å². The van der Waals surface area contributed by atoms with Gasteiger partial charge in [0.25, 0.3) is 0 Å². The van der Waals surface area contributed by atoms with Gasteiger partial charge in [0, 0.05) is 17.4 Å². The van der Waals surface area contributed by atoms with Crippen molar-refractivity contribution in [3.05, 3.63) is 35.6 Å². The third-order valence-corrected chi connectivity index (χ3v) is 4.25. The Morgan fingerprint density at radius 3 is 2.50 bits per heavy atom. The second kappa shape index (κ2) is 3.28. The lowest BCUT2D eigenvalue weighted by Gasteiger charge is -2.48. The second-order valence-electron chi connectivity index (χ2n) is 5.02. The Kier molecular flexibility index (Phi) is 2.10. The Bertz CT molecular complexity index is 408. The molecule has 0 amide bonds. The fraction of sp³-hybridized carbons (Fsp3) is 0.538. The molecule has 0 unspecified atom stereocenters. The zero-order valence-corrected chi connectivity index (χ0v) is 9.08. The van der Waals surface area contributed by atoms with E-state index in [1.807, 2.05) is 6.07 Å². The van der Waals surface area contributed by atoms with E-state index in [9.17, 15) is 9.50 Å². The fourth-order valence-corrected chi connectivity index (χ4v) is 2.81. The molecule has 2 fully saturated rings. The van der Waals surface area contributed by atoms with Crippen LogP contribution in [0.5, 0.6) is 0 Å². The van der Waals surface area contributed by atoms with Crippen LogP contribution in [-0.4, -0.2) is 24.9 Å². The van der Waals surface area contributed by atoms with Gasteiger partial charge in [-0.1, -0.05) is 12.1 Å². The van der Waals surface area contributed by atoms with Gasteiger partial charge in [0.15, 0.2) is 0 Å². The third-order valence-electron chi connectivity index (χ3n) is 4.25. The van der Waals surface area contributed by atoms with Crippen LogP contribution in [0, 0.1) is 11.2 Å². The lowest BCUT2D eigenvalue weighted by molar-refractivity contribution is -0.110. The summed E-state index contributed by atoms with van der Waals surface area (Å²) in [7, 11) is 0. The monoisotopic (exact) mass is 222 g/mol. The maximum Gasteiger partial charge on any atom is 0.123 e. The molecule has 2 nitrogen and oxygen atoms in total. The third kappa shape index (κ3) is 1.19. The highest BCUT2D eigenvalue weighted by Gasteiger charge is 2.63. The van der Waals surface area contributed by atoms with Crippen molar-refractivity contribution >= 4 is 0 Å². The van der Waals surface area contributed by atoms with E-state index in [0.29, 0.717) is 13.2 Å². The average Bonchev–Trinajstić information content (AvgIpc) is 2.98. The fourth-order valence-electron chi connectivity index (χ4n) is 2.81. The molecule has 1 heterocycles. The summed E-state index contributed by atoms with van der Waals surface area (Å²) >= 11 is 0. The van der Waals surface area contributed by atoms with Crippen molar-refractivity contribution in [2.45, 2.75) is 18.3 Å². The smallest absolute Gasteiger partial charge is 0.123 e. The Labute approximate surface area is 94.0 Å². The SMILES string of the molecule is OCC1(C2(c3cccc(F)c3)COC2)CC1. The zero-order chi connectivity index (χ0) is 11.2. The number of ether oxygens (including phenoxy) is 1. The van der Waals surface area contributed by atoms with Crippen LogP contribution in [0.3, 0.4) is 0 Å². The number of halogens is 1. The Morgan fingerprint density at radius 2 is 2.06 bits per heavy atom. The molecule has 0 spiro atoms. The number of rotatable bonds is 3. The lowest BCUT2D eigenvalue weighted by Crippen LogP contribution is -2.55. The molecule has 0 atom stereocenters. The summed E-state index contributed by atoms with van der Waals surface area (Å²) in [4.78, 5) is 0. The van der Waals surface area contributed by atoms with Crippen molar-refractivity contribution in [3.63, 3.8) is 0 Å². The Hall–Kier alpha value is -0.930. The van der Waals surface area contributed by atoms with E-state index in [1.54, 1.807) is 12.1 Å². The molecule has 1 aromatic carbocycles. The van der Waals surface area contributed by atoms with Gasteiger partial charge in [-0.25, -0.2) is 4.39 Å². The van der Waals surface area contributed by atoms with Crippen LogP contribution >= 0.6 is 0 Å². The molecular formula is C13H15FO2. The molecule has 1 saturated heterocycles. The minimum absolute atomic E-state index is 0.0565. The molecule has 0 bridgehead atoms. The highest BCUT2D eigenvalue weighted by molar-refractivity contribution is 5.35. The predicted molar refractivity (Wildman–Crippen MR) is 57.6 cm³/mol. The van der Waals surface area contributed by atoms with Gasteiger partial charge in [0.1, 0.15) is 5.82 Å². The van der Waals surface area contributed by atoms with Crippen LogP contribution in [0.1, 0.15) is 18.4 Å². The van der Waals surface area contributed by atoms with Gasteiger partial charge < -0.3 is 9.84 Å². The lowest BCUT2D eigenvalue weighted by atomic mass is 9.66. The van der Waals surface area contributed by atoms with Crippen molar-refractivity contribution in [2.24, 2.45) is 5.41 Å². The highest BCUT2D eigenvalue weighted by Crippen LogP contribution is 2.62.